The fourth-order valence-corrected chi connectivity index (χ4v) is 3.47. The number of imidazole rings is 1. The molecule has 3 nitrogen and oxygen atoms in total. The quantitative estimate of drug-likeness (QED) is 0.918. The fraction of sp³-hybridized carbons (Fsp3) is 0.471. The topological polar surface area (TPSA) is 29.9 Å². The van der Waals surface area contributed by atoms with E-state index in [0.717, 1.165) is 25.3 Å². The molecule has 1 N–H and O–H groups in total. The van der Waals surface area contributed by atoms with Gasteiger partial charge in [-0.3, -0.25) is 0 Å². The smallest absolute Gasteiger partial charge is 0.0958 e. The van der Waals surface area contributed by atoms with E-state index in [0.29, 0.717) is 6.04 Å². The molecule has 0 unspecified atom stereocenters. The largest absolute Gasteiger partial charge is 0.331 e. The van der Waals surface area contributed by atoms with Gasteiger partial charge in [0, 0.05) is 17.3 Å². The van der Waals surface area contributed by atoms with Gasteiger partial charge in [-0.15, -0.1) is 0 Å². The van der Waals surface area contributed by atoms with Crippen LogP contribution in [0.15, 0.2) is 36.7 Å². The Labute approximate surface area is 131 Å². The Morgan fingerprint density at radius 1 is 1.24 bits per heavy atom. The zero-order valence-electron chi connectivity index (χ0n) is 12.6. The summed E-state index contributed by atoms with van der Waals surface area (Å²) >= 11 is 1.91. The van der Waals surface area contributed by atoms with Crippen LogP contribution in [0.5, 0.6) is 0 Å². The third-order valence-electron chi connectivity index (χ3n) is 4.19. The Bertz CT molecular complexity index is 559. The molecule has 4 heteroatoms. The van der Waals surface area contributed by atoms with Crippen LogP contribution in [0.1, 0.15) is 24.6 Å². The first-order chi connectivity index (χ1) is 10.4. The molecule has 0 spiro atoms. The maximum atomic E-state index is 4.75. The van der Waals surface area contributed by atoms with Crippen molar-refractivity contribution in [2.24, 2.45) is 0 Å². The molecule has 1 aromatic carbocycles. The van der Waals surface area contributed by atoms with Crippen molar-refractivity contribution in [3.63, 3.8) is 0 Å². The molecule has 2 aromatic rings. The first kappa shape index (κ1) is 14.7. The van der Waals surface area contributed by atoms with E-state index in [1.54, 1.807) is 0 Å². The molecular weight excluding hydrogens is 278 g/mol. The van der Waals surface area contributed by atoms with E-state index in [2.05, 4.69) is 52.8 Å². The van der Waals surface area contributed by atoms with Crippen molar-refractivity contribution in [2.75, 3.05) is 25.1 Å². The summed E-state index contributed by atoms with van der Waals surface area (Å²) < 4.78 is 2.44. The second-order valence-corrected chi connectivity index (χ2v) is 6.52. The number of nitrogens with zero attached hydrogens (tertiary/aromatic N) is 2. The molecule has 0 bridgehead atoms. The maximum absolute atomic E-state index is 4.75. The number of benzene rings is 1. The summed E-state index contributed by atoms with van der Waals surface area (Å²) in [5.74, 6) is 1.15. The van der Waals surface area contributed by atoms with Crippen LogP contribution in [0.2, 0.25) is 0 Å². The zero-order valence-corrected chi connectivity index (χ0v) is 13.4. The molecule has 0 aliphatic carbocycles. The summed E-state index contributed by atoms with van der Waals surface area (Å²) in [5.41, 5.74) is 3.81. The Kier molecular flexibility index (Phi) is 4.99. The predicted octanol–water partition coefficient (Wildman–Crippen LogP) is 3.38. The summed E-state index contributed by atoms with van der Waals surface area (Å²) in [4.78, 5) is 4.75. The third-order valence-corrected chi connectivity index (χ3v) is 4.80. The van der Waals surface area contributed by atoms with Crippen LogP contribution in [0.4, 0.5) is 0 Å². The predicted molar refractivity (Wildman–Crippen MR) is 90.9 cm³/mol. The Morgan fingerprint density at radius 2 is 2.00 bits per heavy atom. The number of aromatic nitrogens is 2. The highest BCUT2D eigenvalue weighted by atomic mass is 32.2. The van der Waals surface area contributed by atoms with Crippen molar-refractivity contribution in [2.45, 2.75) is 25.3 Å². The number of piperidine rings is 1. The monoisotopic (exact) mass is 301 g/mol. The number of rotatable bonds is 5. The second-order valence-electron chi connectivity index (χ2n) is 5.54. The summed E-state index contributed by atoms with van der Waals surface area (Å²) in [6.07, 6.45) is 7.74. The van der Waals surface area contributed by atoms with Crippen molar-refractivity contribution >= 4 is 11.8 Å². The third kappa shape index (κ3) is 3.33. The van der Waals surface area contributed by atoms with Gasteiger partial charge in [0.1, 0.15) is 0 Å². The SMILES string of the molecule is CSCCc1c(-c2ccccc2)ncn1C1CCNCC1. The van der Waals surface area contributed by atoms with E-state index in [9.17, 15) is 0 Å². The normalized spacial score (nSPS) is 16.2. The molecule has 0 atom stereocenters. The minimum atomic E-state index is 0.605. The molecule has 3 rings (SSSR count). The summed E-state index contributed by atoms with van der Waals surface area (Å²) in [6.45, 7) is 2.23. The van der Waals surface area contributed by atoms with Gasteiger partial charge >= 0.3 is 0 Å². The molecule has 0 radical (unpaired) electrons. The van der Waals surface area contributed by atoms with Crippen LogP contribution in [0.25, 0.3) is 11.3 Å². The van der Waals surface area contributed by atoms with E-state index >= 15 is 0 Å². The van der Waals surface area contributed by atoms with Gasteiger partial charge in [0.25, 0.3) is 0 Å². The van der Waals surface area contributed by atoms with Gasteiger partial charge in [-0.25, -0.2) is 4.98 Å². The van der Waals surface area contributed by atoms with Gasteiger partial charge in [-0.2, -0.15) is 11.8 Å². The van der Waals surface area contributed by atoms with E-state index in [1.165, 1.54) is 29.8 Å². The fourth-order valence-electron chi connectivity index (χ4n) is 3.07. The van der Waals surface area contributed by atoms with Gasteiger partial charge < -0.3 is 9.88 Å². The van der Waals surface area contributed by atoms with Crippen LogP contribution in [-0.4, -0.2) is 34.6 Å². The summed E-state index contributed by atoms with van der Waals surface area (Å²) in [5, 5.41) is 3.45. The minimum absolute atomic E-state index is 0.605. The van der Waals surface area contributed by atoms with E-state index < -0.39 is 0 Å². The lowest BCUT2D eigenvalue weighted by Crippen LogP contribution is -2.29. The van der Waals surface area contributed by atoms with Crippen LogP contribution < -0.4 is 5.32 Å². The lowest BCUT2D eigenvalue weighted by molar-refractivity contribution is 0.362. The van der Waals surface area contributed by atoms with Crippen molar-refractivity contribution < 1.29 is 0 Å². The highest BCUT2D eigenvalue weighted by Crippen LogP contribution is 2.28. The lowest BCUT2D eigenvalue weighted by Gasteiger charge is -2.26. The molecule has 21 heavy (non-hydrogen) atoms. The molecule has 2 heterocycles. The number of hydrogen-bond acceptors (Lipinski definition) is 3. The van der Waals surface area contributed by atoms with Gasteiger partial charge in [-0.1, -0.05) is 30.3 Å². The summed E-state index contributed by atoms with van der Waals surface area (Å²) in [7, 11) is 0. The minimum Gasteiger partial charge on any atom is -0.331 e. The van der Waals surface area contributed by atoms with E-state index in [1.807, 2.05) is 11.8 Å². The van der Waals surface area contributed by atoms with Crippen LogP contribution in [0, 0.1) is 0 Å². The van der Waals surface area contributed by atoms with Crippen molar-refractivity contribution in [1.82, 2.24) is 14.9 Å². The molecule has 1 fully saturated rings. The average molecular weight is 301 g/mol. The van der Waals surface area contributed by atoms with Crippen molar-refractivity contribution in [3.8, 4) is 11.3 Å². The molecule has 0 saturated carbocycles. The Hall–Kier alpha value is -1.26. The molecule has 1 saturated heterocycles. The molecule has 1 aromatic heterocycles. The molecular formula is C17H23N3S. The van der Waals surface area contributed by atoms with Gasteiger partial charge in [-0.05, 0) is 44.4 Å². The summed E-state index contributed by atoms with van der Waals surface area (Å²) in [6, 6.07) is 11.2. The Morgan fingerprint density at radius 3 is 2.71 bits per heavy atom. The highest BCUT2D eigenvalue weighted by Gasteiger charge is 2.20. The lowest BCUT2D eigenvalue weighted by atomic mass is 10.0. The average Bonchev–Trinajstić information content (AvgIpc) is 2.98. The van der Waals surface area contributed by atoms with Crippen molar-refractivity contribution in [3.05, 3.63) is 42.4 Å². The molecule has 0 amide bonds. The highest BCUT2D eigenvalue weighted by molar-refractivity contribution is 7.98. The van der Waals surface area contributed by atoms with E-state index in [-0.39, 0.29) is 0 Å². The van der Waals surface area contributed by atoms with Crippen LogP contribution in [-0.2, 0) is 6.42 Å². The van der Waals surface area contributed by atoms with Crippen LogP contribution in [0.3, 0.4) is 0 Å². The first-order valence-corrected chi connectivity index (χ1v) is 9.10. The van der Waals surface area contributed by atoms with Gasteiger partial charge in [0.15, 0.2) is 0 Å². The zero-order chi connectivity index (χ0) is 14.5. The Balaban J connectivity index is 1.94. The van der Waals surface area contributed by atoms with Gasteiger partial charge in [0.05, 0.1) is 12.0 Å². The second kappa shape index (κ2) is 7.14. The first-order valence-electron chi connectivity index (χ1n) is 7.71. The standard InChI is InChI=1S/C17H23N3S/c1-21-12-9-16-17(14-5-3-2-4-6-14)19-13-20(16)15-7-10-18-11-8-15/h2-6,13,15,18H,7-12H2,1H3. The van der Waals surface area contributed by atoms with Gasteiger partial charge in [0.2, 0.25) is 0 Å². The maximum Gasteiger partial charge on any atom is 0.0958 e. The van der Waals surface area contributed by atoms with Crippen molar-refractivity contribution in [1.29, 1.82) is 0 Å². The molecule has 112 valence electrons. The van der Waals surface area contributed by atoms with E-state index in [4.69, 9.17) is 4.98 Å². The number of thioether (sulfide) groups is 1. The molecule has 1 aliphatic rings. The number of hydrogen-bond donors (Lipinski definition) is 1. The molecule has 1 aliphatic heterocycles. The van der Waals surface area contributed by atoms with Crippen LogP contribution >= 0.6 is 11.8 Å². The number of nitrogens with one attached hydrogen (secondary N) is 1.